The smallest absolute Gasteiger partial charge is 0.141 e. The predicted octanol–water partition coefficient (Wildman–Crippen LogP) is 4.75. The summed E-state index contributed by atoms with van der Waals surface area (Å²) in [5.74, 6) is 1.56. The normalized spacial score (nSPS) is 21.1. The lowest BCUT2D eigenvalue weighted by atomic mass is 9.81. The fourth-order valence-electron chi connectivity index (χ4n) is 3.11. The van der Waals surface area contributed by atoms with E-state index in [-0.39, 0.29) is 0 Å². The summed E-state index contributed by atoms with van der Waals surface area (Å²) in [6, 6.07) is 17.3. The largest absolute Gasteiger partial charge is 0.495 e. The van der Waals surface area contributed by atoms with Gasteiger partial charge in [-0.25, -0.2) is 0 Å². The molecule has 2 unspecified atom stereocenters. The van der Waals surface area contributed by atoms with Crippen LogP contribution in [-0.4, -0.2) is 7.11 Å². The van der Waals surface area contributed by atoms with Crippen molar-refractivity contribution in [3.8, 4) is 5.75 Å². The number of nitrogens with one attached hydrogen (secondary N) is 1. The number of ether oxygens (including phenoxy) is 1. The van der Waals surface area contributed by atoms with E-state index in [1.165, 1.54) is 17.5 Å². The van der Waals surface area contributed by atoms with Crippen molar-refractivity contribution in [1.82, 2.24) is 0 Å². The number of methoxy groups -OCH3 is 1. The van der Waals surface area contributed by atoms with E-state index in [9.17, 15) is 0 Å². The van der Waals surface area contributed by atoms with E-state index in [1.807, 2.05) is 18.2 Å². The van der Waals surface area contributed by atoms with Gasteiger partial charge in [-0.2, -0.15) is 0 Å². The average Bonchev–Trinajstić information content (AvgIpc) is 2.51. The van der Waals surface area contributed by atoms with Crippen molar-refractivity contribution in [3.05, 3.63) is 59.7 Å². The summed E-state index contributed by atoms with van der Waals surface area (Å²) in [5.41, 5.74) is 3.98. The van der Waals surface area contributed by atoms with Gasteiger partial charge in [0.1, 0.15) is 5.75 Å². The Morgan fingerprint density at radius 2 is 1.65 bits per heavy atom. The third kappa shape index (κ3) is 2.38. The summed E-state index contributed by atoms with van der Waals surface area (Å²) >= 11 is 0. The number of hydrogen-bond acceptors (Lipinski definition) is 2. The fourth-order valence-corrected chi connectivity index (χ4v) is 3.11. The van der Waals surface area contributed by atoms with Gasteiger partial charge < -0.3 is 10.1 Å². The zero-order valence-electron chi connectivity index (χ0n) is 12.1. The van der Waals surface area contributed by atoms with Crippen molar-refractivity contribution in [3.63, 3.8) is 0 Å². The lowest BCUT2D eigenvalue weighted by Gasteiger charge is -2.31. The maximum atomic E-state index is 5.43. The fraction of sp³-hybridized carbons (Fsp3) is 0.333. The first kappa shape index (κ1) is 13.0. The molecule has 0 bridgehead atoms. The van der Waals surface area contributed by atoms with Crippen LogP contribution in [0.5, 0.6) is 5.75 Å². The van der Waals surface area contributed by atoms with E-state index in [1.54, 1.807) is 7.11 Å². The molecule has 104 valence electrons. The lowest BCUT2D eigenvalue weighted by molar-refractivity contribution is 0.415. The van der Waals surface area contributed by atoms with Gasteiger partial charge in [-0.1, -0.05) is 43.3 Å². The number of benzene rings is 2. The third-order valence-corrected chi connectivity index (χ3v) is 4.23. The Morgan fingerprint density at radius 3 is 2.45 bits per heavy atom. The van der Waals surface area contributed by atoms with Gasteiger partial charge in [-0.3, -0.25) is 0 Å². The standard InChI is InChI=1S/C18H21NO/c1-13-11-12-16(15-8-4-3-7-14(13)15)19-17-9-5-6-10-18(17)20-2/h3-10,13,16,19H,11-12H2,1-2H3. The average molecular weight is 267 g/mol. The van der Waals surface area contributed by atoms with E-state index < -0.39 is 0 Å². The van der Waals surface area contributed by atoms with E-state index >= 15 is 0 Å². The Hall–Kier alpha value is -1.96. The zero-order chi connectivity index (χ0) is 13.9. The SMILES string of the molecule is COc1ccccc1NC1CCC(C)c2ccccc21. The van der Waals surface area contributed by atoms with Gasteiger partial charge in [0.25, 0.3) is 0 Å². The molecule has 2 aromatic carbocycles. The minimum absolute atomic E-state index is 0.374. The van der Waals surface area contributed by atoms with Gasteiger partial charge in [0.15, 0.2) is 0 Å². The van der Waals surface area contributed by atoms with Crippen molar-refractivity contribution in [2.24, 2.45) is 0 Å². The zero-order valence-corrected chi connectivity index (χ0v) is 12.1. The number of rotatable bonds is 3. The first-order chi connectivity index (χ1) is 9.79. The number of para-hydroxylation sites is 2. The Kier molecular flexibility index (Phi) is 3.64. The highest BCUT2D eigenvalue weighted by molar-refractivity contribution is 5.58. The summed E-state index contributed by atoms with van der Waals surface area (Å²) in [6.45, 7) is 2.32. The molecule has 0 fully saturated rings. The van der Waals surface area contributed by atoms with Crippen LogP contribution in [0.3, 0.4) is 0 Å². The molecule has 1 aliphatic carbocycles. The van der Waals surface area contributed by atoms with Gasteiger partial charge in [0.05, 0.1) is 18.8 Å². The van der Waals surface area contributed by atoms with Crippen LogP contribution in [0.25, 0.3) is 0 Å². The first-order valence-corrected chi connectivity index (χ1v) is 7.28. The topological polar surface area (TPSA) is 21.3 Å². The molecule has 20 heavy (non-hydrogen) atoms. The number of anilines is 1. The molecular formula is C18H21NO. The maximum absolute atomic E-state index is 5.43. The van der Waals surface area contributed by atoms with Crippen LogP contribution in [0.1, 0.15) is 42.9 Å². The van der Waals surface area contributed by atoms with Gasteiger partial charge in [0.2, 0.25) is 0 Å². The van der Waals surface area contributed by atoms with Crippen molar-refractivity contribution < 1.29 is 4.74 Å². The van der Waals surface area contributed by atoms with Crippen LogP contribution in [0.15, 0.2) is 48.5 Å². The molecule has 1 N–H and O–H groups in total. The summed E-state index contributed by atoms with van der Waals surface area (Å²) in [6.07, 6.45) is 2.39. The van der Waals surface area contributed by atoms with Gasteiger partial charge in [-0.15, -0.1) is 0 Å². The second kappa shape index (κ2) is 5.58. The van der Waals surface area contributed by atoms with Crippen LogP contribution in [0.4, 0.5) is 5.69 Å². The van der Waals surface area contributed by atoms with Crippen LogP contribution < -0.4 is 10.1 Å². The summed E-state index contributed by atoms with van der Waals surface area (Å²) < 4.78 is 5.43. The highest BCUT2D eigenvalue weighted by Crippen LogP contribution is 2.39. The molecule has 0 amide bonds. The molecule has 2 aromatic rings. The minimum Gasteiger partial charge on any atom is -0.495 e. The molecule has 0 aliphatic heterocycles. The second-order valence-corrected chi connectivity index (χ2v) is 5.50. The van der Waals surface area contributed by atoms with E-state index in [4.69, 9.17) is 4.74 Å². The summed E-state index contributed by atoms with van der Waals surface area (Å²) in [4.78, 5) is 0. The molecule has 2 atom stereocenters. The van der Waals surface area contributed by atoms with E-state index in [2.05, 4.69) is 42.6 Å². The molecule has 0 heterocycles. The van der Waals surface area contributed by atoms with Crippen molar-refractivity contribution in [2.45, 2.75) is 31.7 Å². The van der Waals surface area contributed by atoms with E-state index in [0.717, 1.165) is 17.9 Å². The lowest BCUT2D eigenvalue weighted by Crippen LogP contribution is -2.19. The van der Waals surface area contributed by atoms with Gasteiger partial charge in [-0.05, 0) is 42.0 Å². The highest BCUT2D eigenvalue weighted by atomic mass is 16.5. The molecular weight excluding hydrogens is 246 g/mol. The predicted molar refractivity (Wildman–Crippen MR) is 83.4 cm³/mol. The van der Waals surface area contributed by atoms with E-state index in [0.29, 0.717) is 12.0 Å². The Morgan fingerprint density at radius 1 is 0.950 bits per heavy atom. The number of hydrogen-bond donors (Lipinski definition) is 1. The van der Waals surface area contributed by atoms with Crippen LogP contribution in [-0.2, 0) is 0 Å². The molecule has 0 saturated carbocycles. The monoisotopic (exact) mass is 267 g/mol. The molecule has 2 heteroatoms. The number of fused-ring (bicyclic) bond motifs is 1. The van der Waals surface area contributed by atoms with Crippen LogP contribution in [0.2, 0.25) is 0 Å². The molecule has 0 aromatic heterocycles. The maximum Gasteiger partial charge on any atom is 0.141 e. The molecule has 0 radical (unpaired) electrons. The Bertz CT molecular complexity index is 593. The molecule has 0 saturated heterocycles. The van der Waals surface area contributed by atoms with Gasteiger partial charge >= 0.3 is 0 Å². The minimum atomic E-state index is 0.374. The second-order valence-electron chi connectivity index (χ2n) is 5.50. The molecule has 0 spiro atoms. The Labute approximate surface area is 120 Å². The quantitative estimate of drug-likeness (QED) is 0.866. The summed E-state index contributed by atoms with van der Waals surface area (Å²) in [5, 5.41) is 3.65. The van der Waals surface area contributed by atoms with Crippen molar-refractivity contribution >= 4 is 5.69 Å². The van der Waals surface area contributed by atoms with Gasteiger partial charge in [0, 0.05) is 0 Å². The van der Waals surface area contributed by atoms with Crippen LogP contribution in [0, 0.1) is 0 Å². The summed E-state index contributed by atoms with van der Waals surface area (Å²) in [7, 11) is 1.72. The molecule has 2 nitrogen and oxygen atoms in total. The Balaban J connectivity index is 1.91. The molecule has 3 rings (SSSR count). The third-order valence-electron chi connectivity index (χ3n) is 4.23. The molecule has 1 aliphatic rings. The van der Waals surface area contributed by atoms with Crippen molar-refractivity contribution in [1.29, 1.82) is 0 Å². The van der Waals surface area contributed by atoms with Crippen molar-refractivity contribution in [2.75, 3.05) is 12.4 Å². The first-order valence-electron chi connectivity index (χ1n) is 7.28. The van der Waals surface area contributed by atoms with Crippen LogP contribution >= 0.6 is 0 Å². The highest BCUT2D eigenvalue weighted by Gasteiger charge is 2.24.